The number of likely N-dealkylation sites (tertiary alicyclic amines) is 1. The van der Waals surface area contributed by atoms with E-state index < -0.39 is 0 Å². The topological polar surface area (TPSA) is 32.3 Å². The number of anilines is 1. The first-order valence-electron chi connectivity index (χ1n) is 8.17. The van der Waals surface area contributed by atoms with Gasteiger partial charge in [0.1, 0.15) is 0 Å². The number of benzene rings is 2. The third-order valence-corrected chi connectivity index (χ3v) is 5.28. The lowest BCUT2D eigenvalue weighted by molar-refractivity contribution is 0.182. The Morgan fingerprint density at radius 1 is 1.04 bits per heavy atom. The van der Waals surface area contributed by atoms with Gasteiger partial charge in [-0.25, -0.2) is 4.79 Å². The molecule has 0 unspecified atom stereocenters. The third-order valence-electron chi connectivity index (χ3n) is 4.46. The van der Waals surface area contributed by atoms with Gasteiger partial charge < -0.3 is 10.2 Å². The molecule has 1 aliphatic rings. The second-order valence-electron chi connectivity index (χ2n) is 6.15. The molecule has 1 N–H and O–H groups in total. The first kappa shape index (κ1) is 17.1. The Kier molecular flexibility index (Phi) is 5.64. The summed E-state index contributed by atoms with van der Waals surface area (Å²) in [6, 6.07) is 15.6. The standard InChI is InChI=1S/C19H20Cl2N2O/c20-16-7-4-8-17(18(16)21)22-19(24)23-11-9-15(10-12-23)13-14-5-2-1-3-6-14/h1-8,15H,9-13H2,(H,22,24). The minimum absolute atomic E-state index is 0.114. The van der Waals surface area contributed by atoms with Crippen LogP contribution < -0.4 is 5.32 Å². The molecule has 2 aromatic rings. The van der Waals surface area contributed by atoms with Crippen LogP contribution >= 0.6 is 23.2 Å². The van der Waals surface area contributed by atoms with Crippen molar-refractivity contribution >= 4 is 34.9 Å². The van der Waals surface area contributed by atoms with Crippen molar-refractivity contribution in [1.29, 1.82) is 0 Å². The Labute approximate surface area is 152 Å². The minimum Gasteiger partial charge on any atom is -0.325 e. The highest BCUT2D eigenvalue weighted by Crippen LogP contribution is 2.30. The van der Waals surface area contributed by atoms with Crippen LogP contribution in [0.5, 0.6) is 0 Å². The summed E-state index contributed by atoms with van der Waals surface area (Å²) in [4.78, 5) is 14.3. The highest BCUT2D eigenvalue weighted by Gasteiger charge is 2.23. The summed E-state index contributed by atoms with van der Waals surface area (Å²) in [6.07, 6.45) is 3.12. The van der Waals surface area contributed by atoms with Crippen LogP contribution in [0.1, 0.15) is 18.4 Å². The third kappa shape index (κ3) is 4.22. The molecule has 1 aliphatic heterocycles. The molecule has 1 heterocycles. The fourth-order valence-corrected chi connectivity index (χ4v) is 3.43. The Balaban J connectivity index is 1.52. The normalized spacial score (nSPS) is 15.3. The van der Waals surface area contributed by atoms with Crippen LogP contribution in [0.15, 0.2) is 48.5 Å². The van der Waals surface area contributed by atoms with E-state index in [1.807, 2.05) is 11.0 Å². The van der Waals surface area contributed by atoms with Crippen LogP contribution in [-0.4, -0.2) is 24.0 Å². The number of urea groups is 1. The molecule has 3 rings (SSSR count). The molecule has 24 heavy (non-hydrogen) atoms. The number of amides is 2. The van der Waals surface area contributed by atoms with Gasteiger partial charge in [0.25, 0.3) is 0 Å². The SMILES string of the molecule is O=C(Nc1cccc(Cl)c1Cl)N1CCC(Cc2ccccc2)CC1. The van der Waals surface area contributed by atoms with Crippen LogP contribution in [0.2, 0.25) is 10.0 Å². The van der Waals surface area contributed by atoms with Gasteiger partial charge in [-0.2, -0.15) is 0 Å². The molecule has 5 heteroatoms. The van der Waals surface area contributed by atoms with Crippen molar-refractivity contribution in [2.24, 2.45) is 5.92 Å². The molecule has 126 valence electrons. The van der Waals surface area contributed by atoms with E-state index in [2.05, 4.69) is 29.6 Å². The van der Waals surface area contributed by atoms with E-state index in [9.17, 15) is 4.79 Å². The maximum atomic E-state index is 12.4. The van der Waals surface area contributed by atoms with Gasteiger partial charge in [0.2, 0.25) is 0 Å². The van der Waals surface area contributed by atoms with Gasteiger partial charge in [-0.1, -0.05) is 59.6 Å². The van der Waals surface area contributed by atoms with E-state index in [1.165, 1.54) is 5.56 Å². The van der Waals surface area contributed by atoms with E-state index in [0.29, 0.717) is 21.7 Å². The number of rotatable bonds is 3. The number of hydrogen-bond acceptors (Lipinski definition) is 1. The van der Waals surface area contributed by atoms with Crippen molar-refractivity contribution in [2.45, 2.75) is 19.3 Å². The summed E-state index contributed by atoms with van der Waals surface area (Å²) in [5.74, 6) is 0.631. The molecule has 0 bridgehead atoms. The lowest BCUT2D eigenvalue weighted by atomic mass is 9.90. The maximum Gasteiger partial charge on any atom is 0.321 e. The summed E-state index contributed by atoms with van der Waals surface area (Å²) in [5.41, 5.74) is 1.92. The van der Waals surface area contributed by atoms with Gasteiger partial charge >= 0.3 is 6.03 Å². The predicted molar refractivity (Wildman–Crippen MR) is 99.9 cm³/mol. The molecule has 2 amide bonds. The molecule has 1 saturated heterocycles. The number of halogens is 2. The van der Waals surface area contributed by atoms with Gasteiger partial charge in [-0.3, -0.25) is 0 Å². The first-order valence-corrected chi connectivity index (χ1v) is 8.93. The van der Waals surface area contributed by atoms with Crippen LogP contribution in [-0.2, 0) is 6.42 Å². The summed E-state index contributed by atoms with van der Waals surface area (Å²) in [7, 11) is 0. The zero-order valence-electron chi connectivity index (χ0n) is 13.3. The molecular formula is C19H20Cl2N2O. The summed E-state index contributed by atoms with van der Waals surface area (Å²) < 4.78 is 0. The second kappa shape index (κ2) is 7.91. The molecule has 2 aromatic carbocycles. The fourth-order valence-electron chi connectivity index (χ4n) is 3.08. The van der Waals surface area contributed by atoms with E-state index in [0.717, 1.165) is 32.4 Å². The molecule has 0 radical (unpaired) electrons. The summed E-state index contributed by atoms with van der Waals surface area (Å²) in [6.45, 7) is 1.53. The molecule has 0 atom stereocenters. The largest absolute Gasteiger partial charge is 0.325 e. The van der Waals surface area contributed by atoms with Gasteiger partial charge in [-0.05, 0) is 42.9 Å². The van der Waals surface area contributed by atoms with Crippen molar-refractivity contribution in [3.63, 3.8) is 0 Å². The van der Waals surface area contributed by atoms with Crippen molar-refractivity contribution in [1.82, 2.24) is 4.90 Å². The Morgan fingerprint density at radius 2 is 1.75 bits per heavy atom. The van der Waals surface area contributed by atoms with Crippen molar-refractivity contribution in [2.75, 3.05) is 18.4 Å². The molecule has 0 saturated carbocycles. The zero-order valence-corrected chi connectivity index (χ0v) is 14.9. The number of carbonyl (C=O) groups is 1. The Hall–Kier alpha value is -1.71. The zero-order chi connectivity index (χ0) is 16.9. The van der Waals surface area contributed by atoms with Crippen LogP contribution in [0, 0.1) is 5.92 Å². The number of nitrogens with zero attached hydrogens (tertiary/aromatic N) is 1. The molecule has 3 nitrogen and oxygen atoms in total. The minimum atomic E-state index is -0.114. The quantitative estimate of drug-likeness (QED) is 0.769. The number of carbonyl (C=O) groups excluding carboxylic acids is 1. The lowest BCUT2D eigenvalue weighted by Crippen LogP contribution is -2.41. The average Bonchev–Trinajstić information content (AvgIpc) is 2.60. The van der Waals surface area contributed by atoms with Crippen molar-refractivity contribution in [3.05, 3.63) is 64.1 Å². The van der Waals surface area contributed by atoms with E-state index in [1.54, 1.807) is 18.2 Å². The molecule has 0 spiro atoms. The van der Waals surface area contributed by atoms with Gasteiger partial charge in [0.15, 0.2) is 0 Å². The average molecular weight is 363 g/mol. The van der Waals surface area contributed by atoms with E-state index in [-0.39, 0.29) is 6.03 Å². The van der Waals surface area contributed by atoms with Crippen LogP contribution in [0.25, 0.3) is 0 Å². The highest BCUT2D eigenvalue weighted by molar-refractivity contribution is 6.43. The summed E-state index contributed by atoms with van der Waals surface area (Å²) in [5, 5.41) is 3.68. The van der Waals surface area contributed by atoms with Crippen molar-refractivity contribution < 1.29 is 4.79 Å². The second-order valence-corrected chi connectivity index (χ2v) is 6.94. The molecule has 1 fully saturated rings. The fraction of sp³-hybridized carbons (Fsp3) is 0.316. The van der Waals surface area contributed by atoms with Crippen LogP contribution in [0.4, 0.5) is 10.5 Å². The van der Waals surface area contributed by atoms with E-state index >= 15 is 0 Å². The molecule has 0 aliphatic carbocycles. The maximum absolute atomic E-state index is 12.4. The van der Waals surface area contributed by atoms with Crippen LogP contribution in [0.3, 0.4) is 0 Å². The number of hydrogen-bond donors (Lipinski definition) is 1. The first-order chi connectivity index (χ1) is 11.6. The van der Waals surface area contributed by atoms with Gasteiger partial charge in [0.05, 0.1) is 15.7 Å². The predicted octanol–water partition coefficient (Wildman–Crippen LogP) is 5.48. The Bertz CT molecular complexity index is 698. The molecule has 0 aromatic heterocycles. The smallest absolute Gasteiger partial charge is 0.321 e. The summed E-state index contributed by atoms with van der Waals surface area (Å²) >= 11 is 12.1. The number of piperidine rings is 1. The van der Waals surface area contributed by atoms with Gasteiger partial charge in [0, 0.05) is 13.1 Å². The van der Waals surface area contributed by atoms with Crippen molar-refractivity contribution in [3.8, 4) is 0 Å². The highest BCUT2D eigenvalue weighted by atomic mass is 35.5. The molecular weight excluding hydrogens is 343 g/mol. The Morgan fingerprint density at radius 3 is 2.46 bits per heavy atom. The lowest BCUT2D eigenvalue weighted by Gasteiger charge is -2.32. The van der Waals surface area contributed by atoms with E-state index in [4.69, 9.17) is 23.2 Å². The monoisotopic (exact) mass is 362 g/mol. The number of nitrogens with one attached hydrogen (secondary N) is 1. The van der Waals surface area contributed by atoms with Gasteiger partial charge in [-0.15, -0.1) is 0 Å².